The van der Waals surface area contributed by atoms with Crippen LogP contribution in [0, 0.1) is 12.7 Å². The van der Waals surface area contributed by atoms with Crippen molar-refractivity contribution in [3.63, 3.8) is 0 Å². The fourth-order valence-corrected chi connectivity index (χ4v) is 6.34. The highest BCUT2D eigenvalue weighted by atomic mass is 19.1. The first kappa shape index (κ1) is 23.5. The molecular formula is C28H26FN3O6. The zero-order valence-corrected chi connectivity index (χ0v) is 21.0. The van der Waals surface area contributed by atoms with Crippen molar-refractivity contribution in [2.24, 2.45) is 0 Å². The predicted molar refractivity (Wildman–Crippen MR) is 133 cm³/mol. The van der Waals surface area contributed by atoms with Crippen LogP contribution in [0.5, 0.6) is 0 Å². The molecule has 0 radical (unpaired) electrons. The molecule has 2 aliphatic carbocycles. The second-order valence-electron chi connectivity index (χ2n) is 10.9. The summed E-state index contributed by atoms with van der Waals surface area (Å²) in [6.45, 7) is 3.29. The lowest BCUT2D eigenvalue weighted by atomic mass is 9.81. The molecule has 38 heavy (non-hydrogen) atoms. The van der Waals surface area contributed by atoms with Crippen LogP contribution in [-0.4, -0.2) is 37.2 Å². The van der Waals surface area contributed by atoms with Crippen LogP contribution in [-0.2, 0) is 39.5 Å². The highest BCUT2D eigenvalue weighted by Gasteiger charge is 2.49. The van der Waals surface area contributed by atoms with Gasteiger partial charge in [0, 0.05) is 22.6 Å². The number of amides is 1. The molecule has 3 aromatic rings. The molecule has 4 heterocycles. The molecule has 2 aromatic heterocycles. The molecule has 1 aromatic carbocycles. The van der Waals surface area contributed by atoms with E-state index in [4.69, 9.17) is 9.72 Å². The molecule has 1 fully saturated rings. The van der Waals surface area contributed by atoms with E-state index in [0.717, 1.165) is 22.1 Å². The second-order valence-corrected chi connectivity index (χ2v) is 10.9. The van der Waals surface area contributed by atoms with Crippen LogP contribution in [0.15, 0.2) is 16.9 Å². The molecule has 2 atom stereocenters. The van der Waals surface area contributed by atoms with Crippen molar-refractivity contribution in [1.29, 1.82) is 0 Å². The molecule has 196 valence electrons. The van der Waals surface area contributed by atoms with Gasteiger partial charge in [0.1, 0.15) is 18.0 Å². The Kier molecular flexibility index (Phi) is 4.62. The second kappa shape index (κ2) is 7.48. The fourth-order valence-electron chi connectivity index (χ4n) is 6.34. The molecule has 0 bridgehead atoms. The molecular weight excluding hydrogens is 493 g/mol. The van der Waals surface area contributed by atoms with E-state index in [9.17, 15) is 29.0 Å². The molecule has 2 aliphatic heterocycles. The maximum Gasteiger partial charge on any atom is 0.343 e. The van der Waals surface area contributed by atoms with Crippen LogP contribution >= 0.6 is 0 Å². The van der Waals surface area contributed by atoms with Crippen LogP contribution in [0.3, 0.4) is 0 Å². The number of aliphatic hydroxyl groups is 2. The van der Waals surface area contributed by atoms with Crippen LogP contribution in [0.2, 0.25) is 0 Å². The third-order valence-electron chi connectivity index (χ3n) is 8.83. The van der Waals surface area contributed by atoms with Crippen molar-refractivity contribution in [3.05, 3.63) is 61.7 Å². The van der Waals surface area contributed by atoms with Gasteiger partial charge < -0.3 is 24.8 Å². The van der Waals surface area contributed by atoms with Gasteiger partial charge in [-0.2, -0.15) is 0 Å². The highest BCUT2D eigenvalue weighted by Crippen LogP contribution is 2.46. The van der Waals surface area contributed by atoms with E-state index in [1.807, 2.05) is 0 Å². The van der Waals surface area contributed by atoms with Crippen molar-refractivity contribution in [2.45, 2.75) is 76.3 Å². The minimum Gasteiger partial charge on any atom is -0.458 e. The fraction of sp³-hybridized carbons (Fsp3) is 0.429. The van der Waals surface area contributed by atoms with E-state index >= 15 is 0 Å². The van der Waals surface area contributed by atoms with Gasteiger partial charge in [0.15, 0.2) is 5.60 Å². The quantitative estimate of drug-likeness (QED) is 0.354. The summed E-state index contributed by atoms with van der Waals surface area (Å²) in [4.78, 5) is 43.8. The Morgan fingerprint density at radius 1 is 1.24 bits per heavy atom. The Morgan fingerprint density at radius 3 is 2.71 bits per heavy atom. The number of benzene rings is 1. The number of carbonyl (C=O) groups is 2. The summed E-state index contributed by atoms with van der Waals surface area (Å²) in [7, 11) is 0. The minimum atomic E-state index is -1.96. The summed E-state index contributed by atoms with van der Waals surface area (Å²) in [5.41, 5.74) is 0.832. The van der Waals surface area contributed by atoms with Gasteiger partial charge in [0.05, 0.1) is 35.1 Å². The minimum absolute atomic E-state index is 0.0237. The Labute approximate surface area is 216 Å². The van der Waals surface area contributed by atoms with E-state index in [0.29, 0.717) is 48.2 Å². The summed E-state index contributed by atoms with van der Waals surface area (Å²) in [6, 6.07) is 2.53. The third kappa shape index (κ3) is 2.92. The van der Waals surface area contributed by atoms with Gasteiger partial charge >= 0.3 is 5.97 Å². The number of nitrogens with zero attached hydrogens (tertiary/aromatic N) is 2. The summed E-state index contributed by atoms with van der Waals surface area (Å²) in [5, 5.41) is 25.3. The van der Waals surface area contributed by atoms with Gasteiger partial charge in [-0.25, -0.2) is 14.2 Å². The highest BCUT2D eigenvalue weighted by molar-refractivity contribution is 5.95. The first-order valence-corrected chi connectivity index (χ1v) is 12.9. The Bertz CT molecular complexity index is 1690. The number of nitrogens with one attached hydrogen (secondary N) is 1. The largest absolute Gasteiger partial charge is 0.458 e. The maximum absolute atomic E-state index is 15.0. The van der Waals surface area contributed by atoms with Crippen LogP contribution in [0.4, 0.5) is 4.39 Å². The van der Waals surface area contributed by atoms with Crippen molar-refractivity contribution in [2.75, 3.05) is 0 Å². The number of esters is 1. The van der Waals surface area contributed by atoms with E-state index in [-0.39, 0.29) is 36.5 Å². The zero-order valence-electron chi connectivity index (χ0n) is 21.0. The van der Waals surface area contributed by atoms with Crippen LogP contribution in [0.25, 0.3) is 22.3 Å². The monoisotopic (exact) mass is 519 g/mol. The zero-order chi connectivity index (χ0) is 26.7. The van der Waals surface area contributed by atoms with Gasteiger partial charge in [0.2, 0.25) is 0 Å². The first-order valence-electron chi connectivity index (χ1n) is 12.9. The number of carbonyl (C=O) groups excluding carboxylic acids is 2. The maximum atomic E-state index is 15.0. The normalized spacial score (nSPS) is 23.9. The summed E-state index contributed by atoms with van der Waals surface area (Å²) in [5.74, 6) is -1.63. The number of cyclic esters (lactones) is 1. The molecule has 0 spiro atoms. The van der Waals surface area contributed by atoms with Crippen LogP contribution < -0.4 is 10.9 Å². The number of halogens is 1. The molecule has 3 N–H and O–H groups in total. The van der Waals surface area contributed by atoms with E-state index in [1.165, 1.54) is 10.6 Å². The number of pyridine rings is 2. The summed E-state index contributed by atoms with van der Waals surface area (Å²) < 4.78 is 21.7. The topological polar surface area (TPSA) is 131 Å². The molecule has 4 aliphatic rings. The number of hydrogen-bond acceptors (Lipinski definition) is 7. The van der Waals surface area contributed by atoms with Crippen molar-refractivity contribution in [1.82, 2.24) is 14.9 Å². The Morgan fingerprint density at radius 2 is 2.00 bits per heavy atom. The van der Waals surface area contributed by atoms with Crippen LogP contribution in [0.1, 0.15) is 72.0 Å². The summed E-state index contributed by atoms with van der Waals surface area (Å²) in [6.07, 6.45) is 1.87. The number of fused-ring (bicyclic) bond motifs is 5. The molecule has 2 unspecified atom stereocenters. The first-order chi connectivity index (χ1) is 18.1. The average molecular weight is 520 g/mol. The SMILES string of the molecule is CCC1(O)C(=O)OCc2c1cc1n(c2=O)Cc2c-1nc1cc(F)c(C)c3c1c2C(NC(=O)C1(O)CC1)CC3. The van der Waals surface area contributed by atoms with E-state index < -0.39 is 34.7 Å². The molecule has 9 nitrogen and oxygen atoms in total. The number of aromatic nitrogens is 2. The lowest BCUT2D eigenvalue weighted by molar-refractivity contribution is -0.172. The lowest BCUT2D eigenvalue weighted by Crippen LogP contribution is -2.44. The van der Waals surface area contributed by atoms with Crippen molar-refractivity contribution >= 4 is 22.8 Å². The lowest BCUT2D eigenvalue weighted by Gasteiger charge is -2.31. The molecule has 1 saturated carbocycles. The van der Waals surface area contributed by atoms with Gasteiger partial charge in [-0.1, -0.05) is 6.92 Å². The third-order valence-corrected chi connectivity index (χ3v) is 8.83. The van der Waals surface area contributed by atoms with E-state index in [1.54, 1.807) is 19.9 Å². The summed E-state index contributed by atoms with van der Waals surface area (Å²) >= 11 is 0. The molecule has 7 rings (SSSR count). The molecule has 1 amide bonds. The van der Waals surface area contributed by atoms with Gasteiger partial charge in [-0.15, -0.1) is 0 Å². The van der Waals surface area contributed by atoms with Gasteiger partial charge in [0.25, 0.3) is 11.5 Å². The number of hydrogen-bond donors (Lipinski definition) is 3. The van der Waals surface area contributed by atoms with E-state index in [2.05, 4.69) is 5.32 Å². The van der Waals surface area contributed by atoms with Gasteiger partial charge in [-0.3, -0.25) is 9.59 Å². The van der Waals surface area contributed by atoms with Crippen molar-refractivity contribution < 1.29 is 28.9 Å². The smallest absolute Gasteiger partial charge is 0.343 e. The standard InChI is InChI=1S/C28H26FN3O6/c1-3-28(37)16-8-20-23-14(10-32(20)24(33)15(16)11-38-26(28)35)22-18(31-25(34)27(36)6-7-27)5-4-13-12(2)17(29)9-19(30-23)21(13)22/h8-9,18,36-37H,3-7,10-11H2,1-2H3,(H,31,34). The predicted octanol–water partition coefficient (Wildman–Crippen LogP) is 2.16. The number of aryl methyl sites for hydroxylation is 1. The number of rotatable bonds is 3. The Balaban J connectivity index is 1.49. The molecule has 10 heteroatoms. The number of ether oxygens (including phenoxy) is 1. The Hall–Kier alpha value is -3.63. The molecule has 0 saturated heterocycles. The van der Waals surface area contributed by atoms with Crippen molar-refractivity contribution in [3.8, 4) is 11.4 Å². The average Bonchev–Trinajstić information content (AvgIpc) is 3.55. The van der Waals surface area contributed by atoms with Gasteiger partial charge in [-0.05, 0) is 61.8 Å².